The molecule has 1 fully saturated rings. The van der Waals surface area contributed by atoms with Crippen LogP contribution < -0.4 is 0 Å². The third-order valence-electron chi connectivity index (χ3n) is 3.07. The van der Waals surface area contributed by atoms with Crippen molar-refractivity contribution in [3.8, 4) is 0 Å². The Morgan fingerprint density at radius 3 is 2.60 bits per heavy atom. The normalized spacial score (nSPS) is 20.3. The van der Waals surface area contributed by atoms with Crippen molar-refractivity contribution in [2.45, 2.75) is 25.7 Å². The minimum Gasteiger partial charge on any atom is -0.306 e. The third-order valence-corrected chi connectivity index (χ3v) is 3.07. The smallest absolute Gasteiger partial charge is 0.00191 e. The Morgan fingerprint density at radius 2 is 1.93 bits per heavy atom. The predicted molar refractivity (Wildman–Crippen MR) is 67.9 cm³/mol. The van der Waals surface area contributed by atoms with Crippen molar-refractivity contribution in [2.24, 2.45) is 5.92 Å². The molecule has 0 atom stereocenters. The number of likely N-dealkylation sites (tertiary alicyclic amines) is 1. The van der Waals surface area contributed by atoms with Crippen molar-refractivity contribution in [2.75, 3.05) is 20.1 Å². The maximum absolute atomic E-state index is 3.63. The highest BCUT2D eigenvalue weighted by atomic mass is 15.1. The first-order valence-electron chi connectivity index (χ1n) is 5.95. The Labute approximate surface area is 94.2 Å². The summed E-state index contributed by atoms with van der Waals surface area (Å²) < 4.78 is 0. The second-order valence-corrected chi connectivity index (χ2v) is 4.37. The van der Waals surface area contributed by atoms with E-state index in [0.717, 1.165) is 5.92 Å². The quantitative estimate of drug-likeness (QED) is 0.622. The SMILES string of the molecule is C=C/C=C\C=C/CCC1CCN(C)CC1. The van der Waals surface area contributed by atoms with E-state index in [-0.39, 0.29) is 0 Å². The van der Waals surface area contributed by atoms with Gasteiger partial charge in [-0.3, -0.25) is 0 Å². The Hall–Kier alpha value is -0.820. The fourth-order valence-corrected chi connectivity index (χ4v) is 2.00. The molecule has 0 aliphatic carbocycles. The largest absolute Gasteiger partial charge is 0.306 e. The Balaban J connectivity index is 2.07. The lowest BCUT2D eigenvalue weighted by Gasteiger charge is -2.28. The summed E-state index contributed by atoms with van der Waals surface area (Å²) in [4.78, 5) is 2.43. The molecule has 1 nitrogen and oxygen atoms in total. The van der Waals surface area contributed by atoms with Crippen LogP contribution in [-0.4, -0.2) is 25.0 Å². The van der Waals surface area contributed by atoms with Gasteiger partial charge in [-0.25, -0.2) is 0 Å². The molecule has 1 rings (SSSR count). The average molecular weight is 205 g/mol. The fraction of sp³-hybridized carbons (Fsp3) is 0.571. The van der Waals surface area contributed by atoms with Crippen molar-refractivity contribution in [1.29, 1.82) is 0 Å². The first-order chi connectivity index (χ1) is 7.33. The highest BCUT2D eigenvalue weighted by Crippen LogP contribution is 2.20. The van der Waals surface area contributed by atoms with Gasteiger partial charge < -0.3 is 4.90 Å². The molecule has 84 valence electrons. The van der Waals surface area contributed by atoms with E-state index in [1.165, 1.54) is 38.8 Å². The third kappa shape index (κ3) is 5.58. The summed E-state index contributed by atoms with van der Waals surface area (Å²) in [5.41, 5.74) is 0. The van der Waals surface area contributed by atoms with Crippen molar-refractivity contribution in [1.82, 2.24) is 4.90 Å². The minimum absolute atomic E-state index is 0.953. The van der Waals surface area contributed by atoms with Gasteiger partial charge in [0.15, 0.2) is 0 Å². The van der Waals surface area contributed by atoms with Crippen molar-refractivity contribution in [3.63, 3.8) is 0 Å². The van der Waals surface area contributed by atoms with Gasteiger partial charge in [-0.1, -0.05) is 37.0 Å². The minimum atomic E-state index is 0.953. The first-order valence-corrected chi connectivity index (χ1v) is 5.95. The van der Waals surface area contributed by atoms with Crippen LogP contribution in [0.3, 0.4) is 0 Å². The van der Waals surface area contributed by atoms with E-state index < -0.39 is 0 Å². The van der Waals surface area contributed by atoms with Gasteiger partial charge in [-0.05, 0) is 51.7 Å². The van der Waals surface area contributed by atoms with Crippen LogP contribution in [0.25, 0.3) is 0 Å². The maximum atomic E-state index is 3.63. The van der Waals surface area contributed by atoms with Gasteiger partial charge in [-0.2, -0.15) is 0 Å². The van der Waals surface area contributed by atoms with Gasteiger partial charge >= 0.3 is 0 Å². The van der Waals surface area contributed by atoms with Crippen LogP contribution in [0.15, 0.2) is 37.0 Å². The van der Waals surface area contributed by atoms with Gasteiger partial charge in [0.25, 0.3) is 0 Å². The molecule has 1 heterocycles. The van der Waals surface area contributed by atoms with Crippen LogP contribution >= 0.6 is 0 Å². The van der Waals surface area contributed by atoms with Crippen molar-refractivity contribution < 1.29 is 0 Å². The molecule has 0 N–H and O–H groups in total. The standard InChI is InChI=1S/C14H23N/c1-3-4-5-6-7-8-9-14-10-12-15(2)13-11-14/h3-7,14H,1,8-13H2,2H3/b5-4-,7-6-. The number of piperidine rings is 1. The second-order valence-electron chi connectivity index (χ2n) is 4.37. The number of allylic oxidation sites excluding steroid dienone is 5. The van der Waals surface area contributed by atoms with Gasteiger partial charge in [0.2, 0.25) is 0 Å². The zero-order valence-electron chi connectivity index (χ0n) is 9.86. The van der Waals surface area contributed by atoms with E-state index in [4.69, 9.17) is 0 Å². The highest BCUT2D eigenvalue weighted by molar-refractivity contribution is 5.08. The van der Waals surface area contributed by atoms with Gasteiger partial charge in [-0.15, -0.1) is 0 Å². The molecular formula is C14H23N. The van der Waals surface area contributed by atoms with E-state index in [1.54, 1.807) is 6.08 Å². The summed E-state index contributed by atoms with van der Waals surface area (Å²) in [5, 5.41) is 0. The van der Waals surface area contributed by atoms with E-state index in [1.807, 2.05) is 12.2 Å². The van der Waals surface area contributed by atoms with E-state index >= 15 is 0 Å². The molecule has 1 aliphatic rings. The lowest BCUT2D eigenvalue weighted by Crippen LogP contribution is -2.30. The van der Waals surface area contributed by atoms with Crippen LogP contribution in [0.4, 0.5) is 0 Å². The van der Waals surface area contributed by atoms with E-state index in [2.05, 4.69) is 30.7 Å². The van der Waals surface area contributed by atoms with Crippen LogP contribution in [0.1, 0.15) is 25.7 Å². The molecule has 0 spiro atoms. The van der Waals surface area contributed by atoms with Crippen LogP contribution in [0.2, 0.25) is 0 Å². The molecule has 0 aromatic carbocycles. The topological polar surface area (TPSA) is 3.24 Å². The average Bonchev–Trinajstić information content (AvgIpc) is 2.26. The molecule has 0 saturated carbocycles. The van der Waals surface area contributed by atoms with Crippen LogP contribution in [0.5, 0.6) is 0 Å². The fourth-order valence-electron chi connectivity index (χ4n) is 2.00. The lowest BCUT2D eigenvalue weighted by molar-refractivity contribution is 0.213. The van der Waals surface area contributed by atoms with Crippen molar-refractivity contribution in [3.05, 3.63) is 37.0 Å². The van der Waals surface area contributed by atoms with Gasteiger partial charge in [0.05, 0.1) is 0 Å². The molecule has 1 saturated heterocycles. The van der Waals surface area contributed by atoms with Gasteiger partial charge in [0, 0.05) is 0 Å². The van der Waals surface area contributed by atoms with Gasteiger partial charge in [0.1, 0.15) is 0 Å². The lowest BCUT2D eigenvalue weighted by atomic mass is 9.92. The number of hydrogen-bond acceptors (Lipinski definition) is 1. The second kappa shape index (κ2) is 7.47. The Bertz CT molecular complexity index is 219. The zero-order chi connectivity index (χ0) is 10.9. The predicted octanol–water partition coefficient (Wildman–Crippen LogP) is 3.41. The summed E-state index contributed by atoms with van der Waals surface area (Å²) in [5.74, 6) is 0.953. The van der Waals surface area contributed by atoms with E-state index in [9.17, 15) is 0 Å². The molecule has 1 aliphatic heterocycles. The molecule has 0 aromatic heterocycles. The number of nitrogens with zero attached hydrogens (tertiary/aromatic N) is 1. The van der Waals surface area contributed by atoms with Crippen LogP contribution in [0, 0.1) is 5.92 Å². The zero-order valence-corrected chi connectivity index (χ0v) is 9.86. The number of hydrogen-bond donors (Lipinski definition) is 0. The first kappa shape index (κ1) is 12.3. The summed E-state index contributed by atoms with van der Waals surface area (Å²) >= 11 is 0. The molecule has 0 aromatic rings. The summed E-state index contributed by atoms with van der Waals surface area (Å²) in [6, 6.07) is 0. The molecule has 0 unspecified atom stereocenters. The summed E-state index contributed by atoms with van der Waals surface area (Å²) in [6.45, 7) is 6.20. The molecule has 15 heavy (non-hydrogen) atoms. The maximum Gasteiger partial charge on any atom is -0.00191 e. The molecule has 0 amide bonds. The number of rotatable bonds is 5. The molecule has 0 bridgehead atoms. The Morgan fingerprint density at radius 1 is 1.20 bits per heavy atom. The van der Waals surface area contributed by atoms with E-state index in [0.29, 0.717) is 0 Å². The molecule has 1 heteroatoms. The highest BCUT2D eigenvalue weighted by Gasteiger charge is 2.15. The monoisotopic (exact) mass is 205 g/mol. The molecule has 0 radical (unpaired) electrons. The Kier molecular flexibility index (Phi) is 6.10. The summed E-state index contributed by atoms with van der Waals surface area (Å²) in [7, 11) is 2.22. The molecular weight excluding hydrogens is 182 g/mol. The van der Waals surface area contributed by atoms with Crippen LogP contribution in [-0.2, 0) is 0 Å². The summed E-state index contributed by atoms with van der Waals surface area (Å²) in [6.07, 6.45) is 15.5. The van der Waals surface area contributed by atoms with Crippen molar-refractivity contribution >= 4 is 0 Å².